The monoisotopic (exact) mass is 942 g/mol. The highest BCUT2D eigenvalue weighted by molar-refractivity contribution is 7.92. The lowest BCUT2D eigenvalue weighted by Crippen LogP contribution is -2.53. The number of halogens is 1. The summed E-state index contributed by atoms with van der Waals surface area (Å²) in [5.74, 6) is 0.907. The molecule has 0 bridgehead atoms. The van der Waals surface area contributed by atoms with Crippen molar-refractivity contribution in [3.05, 3.63) is 82.0 Å². The number of hydrogen-bond acceptors (Lipinski definition) is 14. The number of ether oxygens (including phenoxy) is 2. The van der Waals surface area contributed by atoms with E-state index in [-0.39, 0.29) is 46.6 Å². The second-order valence-corrected chi connectivity index (χ2v) is 19.5. The number of rotatable bonds is 17. The zero-order valence-corrected chi connectivity index (χ0v) is 39.6. The lowest BCUT2D eigenvalue weighted by atomic mass is 9.98. The van der Waals surface area contributed by atoms with Crippen molar-refractivity contribution in [2.45, 2.75) is 76.9 Å². The number of methoxy groups -OCH3 is 2. The van der Waals surface area contributed by atoms with Gasteiger partial charge in [0, 0.05) is 81.7 Å². The van der Waals surface area contributed by atoms with Gasteiger partial charge in [-0.3, -0.25) is 29.3 Å². The van der Waals surface area contributed by atoms with Gasteiger partial charge in [0.05, 0.1) is 43.7 Å². The molecule has 4 aliphatic heterocycles. The van der Waals surface area contributed by atoms with E-state index < -0.39 is 16.1 Å². The molecule has 0 radical (unpaired) electrons. The van der Waals surface area contributed by atoms with Gasteiger partial charge in [-0.05, 0) is 92.4 Å². The molecule has 1 unspecified atom stereocenters. The number of nitrogens with zero attached hydrogens (tertiary/aromatic N) is 6. The fourth-order valence-electron chi connectivity index (χ4n) is 9.62. The fraction of sp³-hybridized carbons (Fsp3) is 0.468. The van der Waals surface area contributed by atoms with Crippen LogP contribution in [-0.4, -0.2) is 129 Å². The lowest BCUT2D eigenvalue weighted by molar-refractivity contribution is -0.136. The van der Waals surface area contributed by atoms with Crippen molar-refractivity contribution in [2.75, 3.05) is 86.5 Å². The average Bonchev–Trinajstić information content (AvgIpc) is 3.65. The Labute approximate surface area is 391 Å². The number of sulfonamides is 1. The molecule has 66 heavy (non-hydrogen) atoms. The minimum absolute atomic E-state index is 0.119. The third kappa shape index (κ3) is 10.8. The molecule has 3 fully saturated rings. The first-order valence-corrected chi connectivity index (χ1v) is 25.0. The highest BCUT2D eigenvalue weighted by Gasteiger charge is 2.40. The summed E-state index contributed by atoms with van der Waals surface area (Å²) in [6.07, 6.45) is 9.14. The first-order chi connectivity index (χ1) is 31.8. The van der Waals surface area contributed by atoms with Crippen LogP contribution in [0, 0.1) is 0 Å². The molecule has 4 N–H and O–H groups in total. The van der Waals surface area contributed by atoms with E-state index in [4.69, 9.17) is 21.1 Å². The van der Waals surface area contributed by atoms with Crippen LogP contribution in [0.1, 0.15) is 72.5 Å². The van der Waals surface area contributed by atoms with E-state index in [1.807, 2.05) is 12.1 Å². The van der Waals surface area contributed by atoms with Gasteiger partial charge in [-0.25, -0.2) is 13.4 Å². The molecule has 17 nitrogen and oxygen atoms in total. The number of imide groups is 1. The van der Waals surface area contributed by atoms with Crippen molar-refractivity contribution in [2.24, 2.45) is 0 Å². The standard InChI is InChI=1S/C47H59ClN10O7S/c1-5-30-25-39(51-47-49-28-36(48)44(53-47)50-37-13-12-33(64-2)26-38(37)54-66(4,62)63)42(65-3)27-41(30)57-19-16-32(17-20-57)56-23-21-55(22-24-56)18-7-6-9-31-10-8-11-34-35(31)29-58(46(34)61)40-14-15-43(59)52-45(40)60/h8,10-13,25-28,32,40,54H,5-7,9,14-24,29H2,1-4H3,(H,52,59,60)(H2,49,50,51,53). The maximum atomic E-state index is 13.3. The normalized spacial score (nSPS) is 18.6. The van der Waals surface area contributed by atoms with Crippen LogP contribution < -0.4 is 35.0 Å². The molecule has 4 aromatic rings. The summed E-state index contributed by atoms with van der Waals surface area (Å²) in [5, 5.41) is 9.08. The van der Waals surface area contributed by atoms with Crippen molar-refractivity contribution in [1.82, 2.24) is 30.0 Å². The maximum Gasteiger partial charge on any atom is 0.255 e. The molecule has 1 aromatic heterocycles. The van der Waals surface area contributed by atoms with Gasteiger partial charge in [-0.15, -0.1) is 0 Å². The first-order valence-electron chi connectivity index (χ1n) is 22.7. The SMILES string of the molecule is CCc1cc(Nc2ncc(Cl)c(Nc3ccc(OC)cc3NS(C)(=O)=O)n2)c(OC)cc1N1CCC(N2CCN(CCCCc3cccc4c3CN(C3CCC(=O)NC3=O)C4=O)CC2)CC1. The predicted molar refractivity (Wildman–Crippen MR) is 256 cm³/mol. The summed E-state index contributed by atoms with van der Waals surface area (Å²) >= 11 is 6.52. The van der Waals surface area contributed by atoms with Crippen LogP contribution >= 0.6 is 11.6 Å². The summed E-state index contributed by atoms with van der Waals surface area (Å²) in [4.78, 5) is 55.9. The summed E-state index contributed by atoms with van der Waals surface area (Å²) in [6.45, 7) is 9.75. The number of hydrogen-bond donors (Lipinski definition) is 4. The number of carbonyl (C=O) groups is 3. The number of benzene rings is 3. The van der Waals surface area contributed by atoms with Crippen LogP contribution in [-0.2, 0) is 39.0 Å². The molecular formula is C47H59ClN10O7S. The average molecular weight is 944 g/mol. The van der Waals surface area contributed by atoms with Crippen molar-refractivity contribution in [1.29, 1.82) is 0 Å². The minimum atomic E-state index is -3.59. The van der Waals surface area contributed by atoms with Crippen molar-refractivity contribution >= 4 is 73.9 Å². The van der Waals surface area contributed by atoms with Crippen molar-refractivity contribution < 1.29 is 32.3 Å². The topological polar surface area (TPSA) is 191 Å². The van der Waals surface area contributed by atoms with E-state index in [1.54, 1.807) is 30.2 Å². The van der Waals surface area contributed by atoms with Crippen LogP contribution in [0.15, 0.2) is 54.7 Å². The number of aryl methyl sites for hydroxylation is 2. The van der Waals surface area contributed by atoms with E-state index >= 15 is 0 Å². The molecule has 3 amide bonds. The summed E-state index contributed by atoms with van der Waals surface area (Å²) in [6, 6.07) is 15.0. The third-order valence-corrected chi connectivity index (χ3v) is 14.0. The molecular weight excluding hydrogens is 884 g/mol. The number of anilines is 6. The van der Waals surface area contributed by atoms with E-state index in [9.17, 15) is 22.8 Å². The number of aromatic nitrogens is 2. The molecule has 0 spiro atoms. The van der Waals surface area contributed by atoms with Gasteiger partial charge in [0.1, 0.15) is 22.6 Å². The minimum Gasteiger partial charge on any atom is -0.497 e. The van der Waals surface area contributed by atoms with Gasteiger partial charge in [-0.2, -0.15) is 4.98 Å². The van der Waals surface area contributed by atoms with Gasteiger partial charge in [0.15, 0.2) is 5.82 Å². The van der Waals surface area contributed by atoms with Crippen LogP contribution in [0.4, 0.5) is 34.5 Å². The number of nitrogens with one attached hydrogen (secondary N) is 4. The Morgan fingerprint density at radius 2 is 1.67 bits per heavy atom. The third-order valence-electron chi connectivity index (χ3n) is 13.1. The smallest absolute Gasteiger partial charge is 0.255 e. The highest BCUT2D eigenvalue weighted by Crippen LogP contribution is 2.38. The number of piperidine rings is 2. The molecule has 5 heterocycles. The number of fused-ring (bicyclic) bond motifs is 1. The van der Waals surface area contributed by atoms with Gasteiger partial charge >= 0.3 is 0 Å². The van der Waals surface area contributed by atoms with Gasteiger partial charge in [-0.1, -0.05) is 30.7 Å². The van der Waals surface area contributed by atoms with Gasteiger partial charge in [0.2, 0.25) is 27.8 Å². The number of amides is 3. The van der Waals surface area contributed by atoms with E-state index in [2.05, 4.69) is 70.5 Å². The second-order valence-electron chi connectivity index (χ2n) is 17.4. The highest BCUT2D eigenvalue weighted by atomic mass is 35.5. The van der Waals surface area contributed by atoms with Crippen LogP contribution in [0.2, 0.25) is 5.02 Å². The van der Waals surface area contributed by atoms with E-state index in [1.165, 1.54) is 24.4 Å². The Morgan fingerprint density at radius 3 is 2.38 bits per heavy atom. The van der Waals surface area contributed by atoms with E-state index in [0.717, 1.165) is 102 Å². The quantitative estimate of drug-likeness (QED) is 0.0719. The Hall–Kier alpha value is -5.69. The zero-order valence-electron chi connectivity index (χ0n) is 38.0. The molecule has 8 rings (SSSR count). The molecule has 0 aliphatic carbocycles. The summed E-state index contributed by atoms with van der Waals surface area (Å²) in [5.41, 5.74) is 6.62. The van der Waals surface area contributed by atoms with Crippen molar-refractivity contribution in [3.63, 3.8) is 0 Å². The predicted octanol–water partition coefficient (Wildman–Crippen LogP) is 5.94. The molecule has 3 saturated heterocycles. The Morgan fingerprint density at radius 1 is 0.879 bits per heavy atom. The maximum absolute atomic E-state index is 13.3. The molecule has 0 saturated carbocycles. The Bertz CT molecular complexity index is 2570. The molecule has 19 heteroatoms. The van der Waals surface area contributed by atoms with Gasteiger partial charge < -0.3 is 34.8 Å². The largest absolute Gasteiger partial charge is 0.497 e. The fourth-order valence-corrected chi connectivity index (χ4v) is 10.3. The summed E-state index contributed by atoms with van der Waals surface area (Å²) < 4.78 is 37.9. The second kappa shape index (κ2) is 20.4. The number of piperazine rings is 1. The summed E-state index contributed by atoms with van der Waals surface area (Å²) in [7, 11) is -0.442. The van der Waals surface area contributed by atoms with Crippen LogP contribution in [0.25, 0.3) is 0 Å². The van der Waals surface area contributed by atoms with E-state index in [0.29, 0.717) is 47.4 Å². The molecule has 352 valence electrons. The van der Waals surface area contributed by atoms with Gasteiger partial charge in [0.25, 0.3) is 5.91 Å². The Balaban J connectivity index is 0.814. The van der Waals surface area contributed by atoms with Crippen LogP contribution in [0.3, 0.4) is 0 Å². The van der Waals surface area contributed by atoms with Crippen LogP contribution in [0.5, 0.6) is 11.5 Å². The zero-order chi connectivity index (χ0) is 46.5. The molecule has 4 aliphatic rings. The van der Waals surface area contributed by atoms with Crippen molar-refractivity contribution in [3.8, 4) is 11.5 Å². The molecule has 3 aromatic carbocycles. The first kappa shape index (κ1) is 46.8. The number of unbranched alkanes of at least 4 members (excludes halogenated alkanes) is 1. The lowest BCUT2D eigenvalue weighted by Gasteiger charge is -2.43. The Kier molecular flexibility index (Phi) is 14.5. The number of carbonyl (C=O) groups excluding carboxylic acids is 3. The molecule has 1 atom stereocenters.